The summed E-state index contributed by atoms with van der Waals surface area (Å²) < 4.78 is 0. The molecule has 1 unspecified atom stereocenters. The molecule has 3 nitrogen and oxygen atoms in total. The van der Waals surface area contributed by atoms with E-state index >= 15 is 0 Å². The van der Waals surface area contributed by atoms with Crippen molar-refractivity contribution in [3.63, 3.8) is 0 Å². The summed E-state index contributed by atoms with van der Waals surface area (Å²) in [4.78, 5) is 2.32. The van der Waals surface area contributed by atoms with Gasteiger partial charge in [-0.15, -0.1) is 0 Å². The fraction of sp³-hybridized carbons (Fsp3) is 0.500. The molecule has 0 bridgehead atoms. The van der Waals surface area contributed by atoms with Crippen molar-refractivity contribution in [1.82, 2.24) is 0 Å². The SMILES string of the molecule is CC(O)CCN1CCc2cc(N)ccc21. The second kappa shape index (κ2) is 4.11. The molecule has 0 saturated heterocycles. The number of anilines is 2. The molecule has 1 aromatic carbocycles. The number of hydrogen-bond acceptors (Lipinski definition) is 3. The van der Waals surface area contributed by atoms with Crippen molar-refractivity contribution in [1.29, 1.82) is 0 Å². The Balaban J connectivity index is 2.08. The molecule has 0 spiro atoms. The number of hydrogen-bond donors (Lipinski definition) is 2. The summed E-state index contributed by atoms with van der Waals surface area (Å²) in [5.41, 5.74) is 9.20. The molecule has 2 rings (SSSR count). The topological polar surface area (TPSA) is 49.5 Å². The Hall–Kier alpha value is -1.22. The molecule has 1 heterocycles. The zero-order valence-electron chi connectivity index (χ0n) is 9.11. The minimum absolute atomic E-state index is 0.220. The largest absolute Gasteiger partial charge is 0.399 e. The molecule has 3 N–H and O–H groups in total. The normalized spacial score (nSPS) is 16.5. The van der Waals surface area contributed by atoms with Gasteiger partial charge in [0.15, 0.2) is 0 Å². The number of aliphatic hydroxyl groups excluding tert-OH is 1. The van der Waals surface area contributed by atoms with Gasteiger partial charge in [-0.3, -0.25) is 0 Å². The van der Waals surface area contributed by atoms with Crippen molar-refractivity contribution >= 4 is 11.4 Å². The van der Waals surface area contributed by atoms with Gasteiger partial charge in [-0.1, -0.05) is 0 Å². The van der Waals surface area contributed by atoms with Gasteiger partial charge in [-0.05, 0) is 43.5 Å². The monoisotopic (exact) mass is 206 g/mol. The first kappa shape index (κ1) is 10.3. The molecule has 82 valence electrons. The third kappa shape index (κ3) is 2.23. The minimum atomic E-state index is -0.220. The van der Waals surface area contributed by atoms with Crippen LogP contribution in [-0.2, 0) is 6.42 Å². The molecule has 1 aliphatic rings. The lowest BCUT2D eigenvalue weighted by Crippen LogP contribution is -2.24. The lowest BCUT2D eigenvalue weighted by atomic mass is 10.1. The first-order valence-electron chi connectivity index (χ1n) is 5.48. The van der Waals surface area contributed by atoms with E-state index in [2.05, 4.69) is 17.0 Å². The van der Waals surface area contributed by atoms with Gasteiger partial charge in [-0.2, -0.15) is 0 Å². The van der Waals surface area contributed by atoms with E-state index in [0.29, 0.717) is 0 Å². The second-order valence-corrected chi connectivity index (χ2v) is 4.26. The minimum Gasteiger partial charge on any atom is -0.399 e. The molecule has 15 heavy (non-hydrogen) atoms. The highest BCUT2D eigenvalue weighted by Gasteiger charge is 2.18. The van der Waals surface area contributed by atoms with Gasteiger partial charge in [0.1, 0.15) is 0 Å². The van der Waals surface area contributed by atoms with E-state index in [1.165, 1.54) is 11.3 Å². The molecule has 0 saturated carbocycles. The van der Waals surface area contributed by atoms with E-state index in [4.69, 9.17) is 5.73 Å². The summed E-state index contributed by atoms with van der Waals surface area (Å²) >= 11 is 0. The van der Waals surface area contributed by atoms with E-state index in [1.54, 1.807) is 0 Å². The molecule has 1 aromatic rings. The molecule has 0 amide bonds. The first-order chi connectivity index (χ1) is 7.16. The third-order valence-corrected chi connectivity index (χ3v) is 2.91. The van der Waals surface area contributed by atoms with E-state index in [0.717, 1.165) is 31.6 Å². The summed E-state index contributed by atoms with van der Waals surface area (Å²) in [6.45, 7) is 3.81. The number of rotatable bonds is 3. The zero-order chi connectivity index (χ0) is 10.8. The van der Waals surface area contributed by atoms with Crippen molar-refractivity contribution in [3.8, 4) is 0 Å². The fourth-order valence-electron chi connectivity index (χ4n) is 2.06. The maximum Gasteiger partial charge on any atom is 0.0528 e. The van der Waals surface area contributed by atoms with E-state index < -0.39 is 0 Å². The molecule has 1 aliphatic heterocycles. The van der Waals surface area contributed by atoms with Crippen molar-refractivity contribution in [2.24, 2.45) is 0 Å². The molecule has 0 radical (unpaired) electrons. The van der Waals surface area contributed by atoms with Crippen LogP contribution in [0.4, 0.5) is 11.4 Å². The van der Waals surface area contributed by atoms with Crippen LogP contribution in [-0.4, -0.2) is 24.3 Å². The smallest absolute Gasteiger partial charge is 0.0528 e. The summed E-state index contributed by atoms with van der Waals surface area (Å²) in [6.07, 6.45) is 1.67. The van der Waals surface area contributed by atoms with Gasteiger partial charge in [0.2, 0.25) is 0 Å². The molecular formula is C12H18N2O. The molecule has 0 aliphatic carbocycles. The predicted molar refractivity (Wildman–Crippen MR) is 63.1 cm³/mol. The Labute approximate surface area is 90.5 Å². The van der Waals surface area contributed by atoms with Crippen LogP contribution in [0.5, 0.6) is 0 Å². The van der Waals surface area contributed by atoms with Crippen LogP contribution in [0.1, 0.15) is 18.9 Å². The van der Waals surface area contributed by atoms with Crippen LogP contribution in [0.25, 0.3) is 0 Å². The van der Waals surface area contributed by atoms with Crippen LogP contribution in [0.15, 0.2) is 18.2 Å². The number of fused-ring (bicyclic) bond motifs is 1. The number of nitrogens with two attached hydrogens (primary N) is 1. The van der Waals surface area contributed by atoms with E-state index in [9.17, 15) is 5.11 Å². The Bertz CT molecular complexity index is 349. The Kier molecular flexibility index (Phi) is 2.82. The van der Waals surface area contributed by atoms with Crippen molar-refractivity contribution in [2.75, 3.05) is 23.7 Å². The quantitative estimate of drug-likeness (QED) is 0.735. The third-order valence-electron chi connectivity index (χ3n) is 2.91. The Morgan fingerprint density at radius 1 is 1.53 bits per heavy atom. The van der Waals surface area contributed by atoms with Gasteiger partial charge in [0.05, 0.1) is 6.10 Å². The first-order valence-corrected chi connectivity index (χ1v) is 5.48. The Morgan fingerprint density at radius 2 is 2.33 bits per heavy atom. The standard InChI is InChI=1S/C12H18N2O/c1-9(15)4-6-14-7-5-10-8-11(13)2-3-12(10)14/h2-3,8-9,15H,4-7,13H2,1H3. The molecule has 3 heteroatoms. The van der Waals surface area contributed by atoms with Gasteiger partial charge in [0.25, 0.3) is 0 Å². The highest BCUT2D eigenvalue weighted by Crippen LogP contribution is 2.29. The maximum atomic E-state index is 9.26. The molecule has 0 aromatic heterocycles. The van der Waals surface area contributed by atoms with Gasteiger partial charge >= 0.3 is 0 Å². The molecule has 0 fully saturated rings. The van der Waals surface area contributed by atoms with Crippen LogP contribution >= 0.6 is 0 Å². The van der Waals surface area contributed by atoms with Crippen molar-refractivity contribution in [2.45, 2.75) is 25.9 Å². The average Bonchev–Trinajstić information content (AvgIpc) is 2.57. The number of nitrogens with zero attached hydrogens (tertiary/aromatic N) is 1. The highest BCUT2D eigenvalue weighted by molar-refractivity contribution is 5.62. The molecular weight excluding hydrogens is 188 g/mol. The lowest BCUT2D eigenvalue weighted by molar-refractivity contribution is 0.186. The maximum absolute atomic E-state index is 9.26. The van der Waals surface area contributed by atoms with E-state index in [1.807, 2.05) is 13.0 Å². The van der Waals surface area contributed by atoms with E-state index in [-0.39, 0.29) is 6.10 Å². The Morgan fingerprint density at radius 3 is 3.07 bits per heavy atom. The summed E-state index contributed by atoms with van der Waals surface area (Å²) in [6, 6.07) is 6.08. The van der Waals surface area contributed by atoms with Crippen molar-refractivity contribution in [3.05, 3.63) is 23.8 Å². The van der Waals surface area contributed by atoms with Gasteiger partial charge in [0, 0.05) is 24.5 Å². The summed E-state index contributed by atoms with van der Waals surface area (Å²) in [5, 5.41) is 9.26. The predicted octanol–water partition coefficient (Wildman–Crippen LogP) is 1.40. The van der Waals surface area contributed by atoms with Crippen LogP contribution in [0.2, 0.25) is 0 Å². The summed E-state index contributed by atoms with van der Waals surface area (Å²) in [7, 11) is 0. The van der Waals surface area contributed by atoms with Crippen LogP contribution < -0.4 is 10.6 Å². The van der Waals surface area contributed by atoms with Crippen LogP contribution in [0, 0.1) is 0 Å². The van der Waals surface area contributed by atoms with Gasteiger partial charge < -0.3 is 15.7 Å². The van der Waals surface area contributed by atoms with Crippen LogP contribution in [0.3, 0.4) is 0 Å². The average molecular weight is 206 g/mol. The lowest BCUT2D eigenvalue weighted by Gasteiger charge is -2.20. The number of benzene rings is 1. The summed E-state index contributed by atoms with van der Waals surface area (Å²) in [5.74, 6) is 0. The number of nitrogen functional groups attached to an aromatic ring is 1. The van der Waals surface area contributed by atoms with Gasteiger partial charge in [-0.25, -0.2) is 0 Å². The number of aliphatic hydroxyl groups is 1. The highest BCUT2D eigenvalue weighted by atomic mass is 16.3. The van der Waals surface area contributed by atoms with Crippen molar-refractivity contribution < 1.29 is 5.11 Å². The fourth-order valence-corrected chi connectivity index (χ4v) is 2.06. The molecule has 1 atom stereocenters. The second-order valence-electron chi connectivity index (χ2n) is 4.26. The zero-order valence-corrected chi connectivity index (χ0v) is 9.11.